The van der Waals surface area contributed by atoms with Crippen LogP contribution in [0, 0.1) is 0 Å². The lowest BCUT2D eigenvalue weighted by molar-refractivity contribution is 0.839. The van der Waals surface area contributed by atoms with E-state index in [1.807, 2.05) is 0 Å². The van der Waals surface area contributed by atoms with Gasteiger partial charge in [0, 0.05) is 24.8 Å². The Morgan fingerprint density at radius 2 is 2.24 bits per heavy atom. The van der Waals surface area contributed by atoms with Gasteiger partial charge in [-0.1, -0.05) is 0 Å². The largest absolute Gasteiger partial charge is 0.403 e. The Morgan fingerprint density at radius 1 is 1.41 bits per heavy atom. The van der Waals surface area contributed by atoms with Gasteiger partial charge in [-0.3, -0.25) is 5.01 Å². The van der Waals surface area contributed by atoms with Crippen molar-refractivity contribution in [1.29, 1.82) is 0 Å². The van der Waals surface area contributed by atoms with E-state index in [1.165, 1.54) is 17.4 Å². The molecule has 2 aromatic heterocycles. The Bertz CT molecular complexity index is 517. The number of hydrazine groups is 1. The highest BCUT2D eigenvalue weighted by atomic mass is 15.4. The Labute approximate surface area is 98.1 Å². The van der Waals surface area contributed by atoms with Crippen LogP contribution < -0.4 is 22.3 Å². The van der Waals surface area contributed by atoms with Crippen molar-refractivity contribution in [3.63, 3.8) is 0 Å². The van der Waals surface area contributed by atoms with Gasteiger partial charge in [-0.05, 0) is 12.1 Å². The van der Waals surface area contributed by atoms with E-state index in [4.69, 9.17) is 17.3 Å². The number of rotatable bonds is 3. The summed E-state index contributed by atoms with van der Waals surface area (Å²) in [6.07, 6.45) is 7.80. The molecule has 0 aliphatic carbocycles. The third-order valence-corrected chi connectivity index (χ3v) is 2.11. The topological polar surface area (TPSA) is 112 Å². The van der Waals surface area contributed by atoms with E-state index in [2.05, 4.69) is 10.1 Å². The maximum Gasteiger partial charge on any atom is 0.178 e. The molecule has 0 aliphatic heterocycles. The maximum absolute atomic E-state index is 5.81. The van der Waals surface area contributed by atoms with Gasteiger partial charge in [-0.15, -0.1) is 0 Å². The van der Waals surface area contributed by atoms with Crippen molar-refractivity contribution < 1.29 is 0 Å². The van der Waals surface area contributed by atoms with Gasteiger partial charge in [0.05, 0.1) is 11.9 Å². The molecule has 0 amide bonds. The average Bonchev–Trinajstić information content (AvgIpc) is 2.82. The van der Waals surface area contributed by atoms with E-state index >= 15 is 0 Å². The molecule has 0 spiro atoms. The molecule has 2 rings (SSSR count). The van der Waals surface area contributed by atoms with Crippen molar-refractivity contribution in [3.8, 4) is 5.82 Å². The molecule has 0 saturated carbocycles. The first-order valence-electron chi connectivity index (χ1n) is 4.90. The molecule has 2 aromatic rings. The molecule has 0 saturated heterocycles. The first kappa shape index (κ1) is 11.0. The number of aromatic nitrogens is 3. The standard InChI is InChI=1S/C10H13N7/c11-2-5-16(13)9-6-8(12)7-14-10(9)17-4-1-3-15-17/h1-7H,11-13H2/b5-2-. The van der Waals surface area contributed by atoms with E-state index in [-0.39, 0.29) is 0 Å². The zero-order valence-electron chi connectivity index (χ0n) is 9.06. The number of nitrogens with two attached hydrogens (primary N) is 3. The summed E-state index contributed by atoms with van der Waals surface area (Å²) in [5, 5.41) is 5.43. The van der Waals surface area contributed by atoms with Crippen molar-refractivity contribution in [3.05, 3.63) is 43.1 Å². The smallest absolute Gasteiger partial charge is 0.178 e. The molecule has 17 heavy (non-hydrogen) atoms. The van der Waals surface area contributed by atoms with Crippen LogP contribution in [0.25, 0.3) is 5.82 Å². The summed E-state index contributed by atoms with van der Waals surface area (Å²) in [4.78, 5) is 4.20. The average molecular weight is 231 g/mol. The molecule has 6 N–H and O–H groups in total. The zero-order chi connectivity index (χ0) is 12.3. The third-order valence-electron chi connectivity index (χ3n) is 2.11. The van der Waals surface area contributed by atoms with Crippen LogP contribution in [-0.2, 0) is 0 Å². The van der Waals surface area contributed by atoms with Crippen molar-refractivity contribution >= 4 is 11.4 Å². The summed E-state index contributed by atoms with van der Waals surface area (Å²) in [5.74, 6) is 6.39. The summed E-state index contributed by atoms with van der Waals surface area (Å²) < 4.78 is 1.60. The van der Waals surface area contributed by atoms with Crippen LogP contribution in [0.3, 0.4) is 0 Å². The molecule has 7 heteroatoms. The van der Waals surface area contributed by atoms with Gasteiger partial charge >= 0.3 is 0 Å². The molecule has 0 fully saturated rings. The second-order valence-corrected chi connectivity index (χ2v) is 3.31. The molecule has 2 heterocycles. The lowest BCUT2D eigenvalue weighted by atomic mass is 10.3. The van der Waals surface area contributed by atoms with Gasteiger partial charge in [0.2, 0.25) is 0 Å². The quantitative estimate of drug-likeness (QED) is 0.504. The van der Waals surface area contributed by atoms with Gasteiger partial charge in [-0.25, -0.2) is 15.5 Å². The van der Waals surface area contributed by atoms with Gasteiger partial charge in [0.15, 0.2) is 5.82 Å². The molecular weight excluding hydrogens is 218 g/mol. The second-order valence-electron chi connectivity index (χ2n) is 3.31. The summed E-state index contributed by atoms with van der Waals surface area (Å²) in [6, 6.07) is 3.49. The Kier molecular flexibility index (Phi) is 2.93. The van der Waals surface area contributed by atoms with Crippen LogP contribution in [0.1, 0.15) is 0 Å². The monoisotopic (exact) mass is 231 g/mol. The fourth-order valence-electron chi connectivity index (χ4n) is 1.40. The molecule has 0 aromatic carbocycles. The molecule has 7 nitrogen and oxygen atoms in total. The fraction of sp³-hybridized carbons (Fsp3) is 0. The van der Waals surface area contributed by atoms with Gasteiger partial charge in [-0.2, -0.15) is 5.10 Å². The minimum atomic E-state index is 0.511. The SMILES string of the molecule is N/C=C\N(N)c1cc(N)cnc1-n1cccn1. The van der Waals surface area contributed by atoms with E-state index in [1.54, 1.807) is 35.4 Å². The number of hydrogen-bond acceptors (Lipinski definition) is 6. The third kappa shape index (κ3) is 2.18. The Hall–Kier alpha value is -2.54. The number of pyridine rings is 1. The zero-order valence-corrected chi connectivity index (χ0v) is 9.06. The first-order valence-corrected chi connectivity index (χ1v) is 4.90. The van der Waals surface area contributed by atoms with Crippen LogP contribution in [-0.4, -0.2) is 14.8 Å². The van der Waals surface area contributed by atoms with Crippen molar-refractivity contribution in [2.24, 2.45) is 11.6 Å². The maximum atomic E-state index is 5.81. The summed E-state index contributed by atoms with van der Waals surface area (Å²) in [7, 11) is 0. The van der Waals surface area contributed by atoms with Crippen LogP contribution in [0.5, 0.6) is 0 Å². The number of anilines is 2. The summed E-state index contributed by atoms with van der Waals surface area (Å²) >= 11 is 0. The van der Waals surface area contributed by atoms with Crippen molar-refractivity contribution in [2.75, 3.05) is 10.7 Å². The van der Waals surface area contributed by atoms with E-state index in [9.17, 15) is 0 Å². The minimum absolute atomic E-state index is 0.511. The lowest BCUT2D eigenvalue weighted by Crippen LogP contribution is -2.26. The van der Waals surface area contributed by atoms with Crippen LogP contribution in [0.15, 0.2) is 43.1 Å². The van der Waals surface area contributed by atoms with Crippen LogP contribution in [0.2, 0.25) is 0 Å². The Morgan fingerprint density at radius 3 is 2.88 bits per heavy atom. The highest BCUT2D eigenvalue weighted by molar-refractivity contribution is 5.64. The Balaban J connectivity index is 2.52. The molecule has 0 bridgehead atoms. The van der Waals surface area contributed by atoms with E-state index in [0.717, 1.165) is 0 Å². The van der Waals surface area contributed by atoms with Crippen LogP contribution >= 0.6 is 0 Å². The fourth-order valence-corrected chi connectivity index (χ4v) is 1.40. The molecule has 0 radical (unpaired) electrons. The first-order chi connectivity index (χ1) is 8.22. The minimum Gasteiger partial charge on any atom is -0.403 e. The van der Waals surface area contributed by atoms with Gasteiger partial charge in [0.25, 0.3) is 0 Å². The molecular formula is C10H13N7. The molecule has 0 aliphatic rings. The van der Waals surface area contributed by atoms with Gasteiger partial charge in [0.1, 0.15) is 5.69 Å². The van der Waals surface area contributed by atoms with Gasteiger partial charge < -0.3 is 11.5 Å². The highest BCUT2D eigenvalue weighted by Gasteiger charge is 2.10. The molecule has 0 atom stereocenters. The molecule has 0 unspecified atom stereocenters. The molecule has 88 valence electrons. The number of nitrogen functional groups attached to an aromatic ring is 1. The number of hydrogen-bond donors (Lipinski definition) is 3. The second kappa shape index (κ2) is 4.54. The van der Waals surface area contributed by atoms with Crippen molar-refractivity contribution in [2.45, 2.75) is 0 Å². The van der Waals surface area contributed by atoms with E-state index in [0.29, 0.717) is 17.2 Å². The lowest BCUT2D eigenvalue weighted by Gasteiger charge is -2.17. The highest BCUT2D eigenvalue weighted by Crippen LogP contribution is 2.22. The van der Waals surface area contributed by atoms with Crippen LogP contribution in [0.4, 0.5) is 11.4 Å². The normalized spacial score (nSPS) is 10.9. The van der Waals surface area contributed by atoms with Crippen molar-refractivity contribution in [1.82, 2.24) is 14.8 Å². The summed E-state index contributed by atoms with van der Waals surface area (Å²) in [6.45, 7) is 0. The predicted molar refractivity (Wildman–Crippen MR) is 65.8 cm³/mol. The number of nitrogens with zero attached hydrogens (tertiary/aromatic N) is 4. The predicted octanol–water partition coefficient (Wildman–Crippen LogP) is -0.0405. The van der Waals surface area contributed by atoms with E-state index < -0.39 is 0 Å². The summed E-state index contributed by atoms with van der Waals surface area (Å²) in [5.41, 5.74) is 12.1.